The molecule has 92 valence electrons. The zero-order chi connectivity index (χ0) is 12.5. The number of benzene rings is 1. The molecule has 1 atom stereocenters. The molecule has 0 spiro atoms. The van der Waals surface area contributed by atoms with Crippen molar-refractivity contribution in [3.63, 3.8) is 0 Å². The summed E-state index contributed by atoms with van der Waals surface area (Å²) in [4.78, 5) is 11.9. The quantitative estimate of drug-likeness (QED) is 0.818. The first-order valence-electron chi connectivity index (χ1n) is 5.96. The highest BCUT2D eigenvalue weighted by Gasteiger charge is 2.45. The van der Waals surface area contributed by atoms with Crippen molar-refractivity contribution in [2.75, 3.05) is 6.54 Å². The second-order valence-electron chi connectivity index (χ2n) is 5.43. The Bertz CT molecular complexity index is 428. The fourth-order valence-electron chi connectivity index (χ4n) is 2.04. The summed E-state index contributed by atoms with van der Waals surface area (Å²) in [6.07, 6.45) is 1.20. The summed E-state index contributed by atoms with van der Waals surface area (Å²) in [5, 5.41) is 2.99. The van der Waals surface area contributed by atoms with E-state index in [1.807, 2.05) is 24.3 Å². The average molecular weight is 252 g/mol. The van der Waals surface area contributed by atoms with Crippen molar-refractivity contribution in [2.45, 2.75) is 26.1 Å². The van der Waals surface area contributed by atoms with Crippen LogP contribution in [0.15, 0.2) is 24.3 Å². The summed E-state index contributed by atoms with van der Waals surface area (Å²) in [6.45, 7) is 5.24. The van der Waals surface area contributed by atoms with Crippen LogP contribution in [0.4, 0.5) is 0 Å². The van der Waals surface area contributed by atoms with E-state index < -0.39 is 0 Å². The molecule has 1 N–H and O–H groups in total. The van der Waals surface area contributed by atoms with E-state index in [0.29, 0.717) is 22.8 Å². The summed E-state index contributed by atoms with van der Waals surface area (Å²) in [7, 11) is 0. The number of rotatable bonds is 4. The van der Waals surface area contributed by atoms with Crippen molar-refractivity contribution < 1.29 is 4.79 Å². The summed E-state index contributed by atoms with van der Waals surface area (Å²) >= 11 is 5.75. The van der Waals surface area contributed by atoms with Gasteiger partial charge in [-0.05, 0) is 35.4 Å². The lowest BCUT2D eigenvalue weighted by molar-refractivity contribution is 0.0950. The molecule has 3 heteroatoms. The van der Waals surface area contributed by atoms with Crippen molar-refractivity contribution in [2.24, 2.45) is 11.3 Å². The highest BCUT2D eigenvalue weighted by molar-refractivity contribution is 6.17. The van der Waals surface area contributed by atoms with Crippen molar-refractivity contribution in [3.05, 3.63) is 35.4 Å². The molecule has 1 amide bonds. The lowest BCUT2D eigenvalue weighted by Gasteiger charge is -2.07. The van der Waals surface area contributed by atoms with Crippen LogP contribution in [0.3, 0.4) is 0 Å². The molecule has 1 aromatic carbocycles. The van der Waals surface area contributed by atoms with Crippen molar-refractivity contribution >= 4 is 17.5 Å². The van der Waals surface area contributed by atoms with Gasteiger partial charge in [0.25, 0.3) is 5.91 Å². The van der Waals surface area contributed by atoms with Gasteiger partial charge in [0.05, 0.1) is 0 Å². The first-order chi connectivity index (χ1) is 8.03. The van der Waals surface area contributed by atoms with Crippen molar-refractivity contribution in [1.82, 2.24) is 5.32 Å². The van der Waals surface area contributed by atoms with Crippen LogP contribution in [0.5, 0.6) is 0 Å². The summed E-state index contributed by atoms with van der Waals surface area (Å²) in [5.41, 5.74) is 2.08. The van der Waals surface area contributed by atoms with Gasteiger partial charge in [-0.2, -0.15) is 0 Å². The molecule has 1 fully saturated rings. The molecular weight excluding hydrogens is 234 g/mol. The van der Waals surface area contributed by atoms with Crippen LogP contribution in [0.2, 0.25) is 0 Å². The van der Waals surface area contributed by atoms with Gasteiger partial charge in [-0.25, -0.2) is 0 Å². The Morgan fingerprint density at radius 1 is 1.53 bits per heavy atom. The largest absolute Gasteiger partial charge is 0.352 e. The minimum Gasteiger partial charge on any atom is -0.352 e. The molecule has 2 nitrogen and oxygen atoms in total. The number of hydrogen-bond acceptors (Lipinski definition) is 1. The Morgan fingerprint density at radius 3 is 2.82 bits per heavy atom. The van der Waals surface area contributed by atoms with Gasteiger partial charge in [-0.3, -0.25) is 4.79 Å². The molecule has 1 unspecified atom stereocenters. The monoisotopic (exact) mass is 251 g/mol. The second-order valence-corrected chi connectivity index (χ2v) is 5.70. The van der Waals surface area contributed by atoms with E-state index >= 15 is 0 Å². The Labute approximate surface area is 107 Å². The minimum atomic E-state index is -0.000309. The van der Waals surface area contributed by atoms with Crippen LogP contribution in [0.25, 0.3) is 0 Å². The van der Waals surface area contributed by atoms with Crippen LogP contribution in [0, 0.1) is 11.3 Å². The predicted octanol–water partition coefficient (Wildman–Crippen LogP) is 3.20. The maximum atomic E-state index is 11.9. The van der Waals surface area contributed by atoms with Crippen molar-refractivity contribution in [1.29, 1.82) is 0 Å². The first-order valence-corrected chi connectivity index (χ1v) is 6.49. The molecule has 0 bridgehead atoms. The lowest BCUT2D eigenvalue weighted by atomic mass is 10.1. The lowest BCUT2D eigenvalue weighted by Crippen LogP contribution is -2.26. The zero-order valence-corrected chi connectivity index (χ0v) is 11.1. The van der Waals surface area contributed by atoms with Gasteiger partial charge in [0.15, 0.2) is 0 Å². The molecule has 0 radical (unpaired) electrons. The second kappa shape index (κ2) is 4.69. The third-order valence-electron chi connectivity index (χ3n) is 3.57. The smallest absolute Gasteiger partial charge is 0.251 e. The van der Waals surface area contributed by atoms with Crippen LogP contribution < -0.4 is 5.32 Å². The van der Waals surface area contributed by atoms with Gasteiger partial charge >= 0.3 is 0 Å². The van der Waals surface area contributed by atoms with E-state index in [9.17, 15) is 4.79 Å². The third-order valence-corrected chi connectivity index (χ3v) is 3.88. The van der Waals surface area contributed by atoms with Gasteiger partial charge in [-0.1, -0.05) is 26.0 Å². The van der Waals surface area contributed by atoms with Gasteiger partial charge in [-0.15, -0.1) is 11.6 Å². The van der Waals surface area contributed by atoms with E-state index in [4.69, 9.17) is 11.6 Å². The topological polar surface area (TPSA) is 29.1 Å². The Balaban J connectivity index is 1.91. The number of nitrogens with one attached hydrogen (secondary N) is 1. The Hall–Kier alpha value is -1.02. The van der Waals surface area contributed by atoms with E-state index in [1.54, 1.807) is 0 Å². The molecule has 2 rings (SSSR count). The number of alkyl halides is 1. The van der Waals surface area contributed by atoms with Crippen molar-refractivity contribution in [3.8, 4) is 0 Å². The molecule has 0 heterocycles. The average Bonchev–Trinajstić information content (AvgIpc) is 2.94. The fraction of sp³-hybridized carbons (Fsp3) is 0.500. The Morgan fingerprint density at radius 2 is 2.24 bits per heavy atom. The van der Waals surface area contributed by atoms with Crippen LogP contribution in [0.1, 0.15) is 36.2 Å². The fourth-order valence-corrected chi connectivity index (χ4v) is 2.20. The molecule has 1 saturated carbocycles. The van der Waals surface area contributed by atoms with Crippen LogP contribution in [-0.2, 0) is 5.88 Å². The van der Waals surface area contributed by atoms with Gasteiger partial charge < -0.3 is 5.32 Å². The molecule has 1 aromatic rings. The highest BCUT2D eigenvalue weighted by Crippen LogP contribution is 2.50. The van der Waals surface area contributed by atoms with Gasteiger partial charge in [0.1, 0.15) is 0 Å². The molecule has 0 saturated heterocycles. The maximum absolute atomic E-state index is 11.9. The normalized spacial score (nSPS) is 21.0. The van der Waals surface area contributed by atoms with E-state index in [2.05, 4.69) is 19.2 Å². The molecule has 0 aromatic heterocycles. The standard InChI is InChI=1S/C14H18ClNO/c1-14(2)7-12(14)9-16-13(17)11-5-3-4-10(6-11)8-15/h3-6,12H,7-9H2,1-2H3,(H,16,17). The summed E-state index contributed by atoms with van der Waals surface area (Å²) in [5.74, 6) is 1.07. The number of halogens is 1. The van der Waals surface area contributed by atoms with E-state index in [0.717, 1.165) is 12.1 Å². The molecule has 1 aliphatic rings. The molecule has 17 heavy (non-hydrogen) atoms. The van der Waals surface area contributed by atoms with Gasteiger partial charge in [0, 0.05) is 18.0 Å². The minimum absolute atomic E-state index is 0.000309. The highest BCUT2D eigenvalue weighted by atomic mass is 35.5. The number of amides is 1. The van der Waals surface area contributed by atoms with Crippen LogP contribution in [-0.4, -0.2) is 12.5 Å². The number of carbonyl (C=O) groups is 1. The summed E-state index contributed by atoms with van der Waals surface area (Å²) in [6, 6.07) is 7.46. The first kappa shape index (κ1) is 12.4. The third kappa shape index (κ3) is 3.01. The number of carbonyl (C=O) groups excluding carboxylic acids is 1. The van der Waals surface area contributed by atoms with E-state index in [-0.39, 0.29) is 5.91 Å². The maximum Gasteiger partial charge on any atom is 0.251 e. The summed E-state index contributed by atoms with van der Waals surface area (Å²) < 4.78 is 0. The predicted molar refractivity (Wildman–Crippen MR) is 70.2 cm³/mol. The SMILES string of the molecule is CC1(C)CC1CNC(=O)c1cccc(CCl)c1. The number of hydrogen-bond donors (Lipinski definition) is 1. The van der Waals surface area contributed by atoms with Gasteiger partial charge in [0.2, 0.25) is 0 Å². The zero-order valence-electron chi connectivity index (χ0n) is 10.3. The molecular formula is C14H18ClNO. The Kier molecular flexibility index (Phi) is 3.43. The van der Waals surface area contributed by atoms with Crippen LogP contribution >= 0.6 is 11.6 Å². The molecule has 1 aliphatic carbocycles. The molecule has 0 aliphatic heterocycles. The van der Waals surface area contributed by atoms with E-state index in [1.165, 1.54) is 6.42 Å².